The predicted octanol–water partition coefficient (Wildman–Crippen LogP) is 6.74. The van der Waals surface area contributed by atoms with E-state index in [-0.39, 0.29) is 22.0 Å². The van der Waals surface area contributed by atoms with Gasteiger partial charge in [0.15, 0.2) is 0 Å². The molecule has 0 aliphatic heterocycles. The number of para-hydroxylation sites is 1. The van der Waals surface area contributed by atoms with Crippen LogP contribution in [0.25, 0.3) is 0 Å². The molecule has 0 spiro atoms. The average molecular weight is 576 g/mol. The summed E-state index contributed by atoms with van der Waals surface area (Å²) >= 11 is 12.3. The van der Waals surface area contributed by atoms with Crippen LogP contribution in [0.4, 0.5) is 16.2 Å². The number of anilines is 2. The Kier molecular flexibility index (Phi) is 9.78. The first-order valence-electron chi connectivity index (χ1n) is 12.5. The summed E-state index contributed by atoms with van der Waals surface area (Å²) in [6, 6.07) is 27.7. The number of benzene rings is 4. The number of esters is 1. The fourth-order valence-electron chi connectivity index (χ4n) is 4.13. The molecular formula is C31H27Cl2N3O4. The lowest BCUT2D eigenvalue weighted by molar-refractivity contribution is -0.142. The van der Waals surface area contributed by atoms with Crippen LogP contribution in [0.5, 0.6) is 0 Å². The van der Waals surface area contributed by atoms with Crippen molar-refractivity contribution >= 4 is 52.5 Å². The Balaban J connectivity index is 1.40. The molecule has 204 valence electrons. The second kappa shape index (κ2) is 13.6. The molecule has 4 aromatic carbocycles. The highest BCUT2D eigenvalue weighted by Gasteiger charge is 2.23. The van der Waals surface area contributed by atoms with Crippen molar-refractivity contribution in [2.24, 2.45) is 0 Å². The second-order valence-corrected chi connectivity index (χ2v) is 9.76. The molecule has 0 saturated heterocycles. The fourth-order valence-corrected chi connectivity index (χ4v) is 4.70. The van der Waals surface area contributed by atoms with Crippen molar-refractivity contribution in [2.45, 2.75) is 18.9 Å². The molecule has 1 unspecified atom stereocenters. The number of hydrogen-bond acceptors (Lipinski definition) is 4. The summed E-state index contributed by atoms with van der Waals surface area (Å²) in [6.45, 7) is 0. The van der Waals surface area contributed by atoms with Crippen molar-refractivity contribution in [3.63, 3.8) is 0 Å². The van der Waals surface area contributed by atoms with Gasteiger partial charge < -0.3 is 20.7 Å². The third-order valence-corrected chi connectivity index (χ3v) is 6.77. The highest BCUT2D eigenvalue weighted by Crippen LogP contribution is 2.25. The van der Waals surface area contributed by atoms with Gasteiger partial charge in [0.05, 0.1) is 22.7 Å². The number of urea groups is 1. The Morgan fingerprint density at radius 2 is 1.40 bits per heavy atom. The Morgan fingerprint density at radius 1 is 0.750 bits per heavy atom. The minimum atomic E-state index is -0.936. The summed E-state index contributed by atoms with van der Waals surface area (Å²) in [5.41, 5.74) is 4.13. The number of halogens is 2. The van der Waals surface area contributed by atoms with E-state index < -0.39 is 23.9 Å². The molecule has 7 nitrogen and oxygen atoms in total. The van der Waals surface area contributed by atoms with E-state index in [0.717, 1.165) is 16.7 Å². The smallest absolute Gasteiger partial charge is 0.328 e. The van der Waals surface area contributed by atoms with E-state index in [4.69, 9.17) is 27.9 Å². The van der Waals surface area contributed by atoms with Gasteiger partial charge in [-0.1, -0.05) is 89.9 Å². The zero-order valence-corrected chi connectivity index (χ0v) is 23.1. The molecule has 0 fully saturated rings. The van der Waals surface area contributed by atoms with Crippen LogP contribution < -0.4 is 16.0 Å². The normalized spacial score (nSPS) is 11.3. The molecule has 0 radical (unpaired) electrons. The number of hydrogen-bond donors (Lipinski definition) is 3. The molecule has 0 aromatic heterocycles. The van der Waals surface area contributed by atoms with Gasteiger partial charge >= 0.3 is 12.0 Å². The second-order valence-electron chi connectivity index (χ2n) is 8.95. The minimum Gasteiger partial charge on any atom is -0.467 e. The van der Waals surface area contributed by atoms with Gasteiger partial charge in [-0.15, -0.1) is 0 Å². The first kappa shape index (κ1) is 28.7. The van der Waals surface area contributed by atoms with Crippen LogP contribution in [0.15, 0.2) is 97.1 Å². The standard InChI is InChI=1S/C31H27Cl2N3O4/c1-40-30(38)27(36-31(39)35-26-13-6-5-10-22(26)18-20-8-3-2-4-9-20)19-21-14-16-23(17-15-21)34-29(37)28-24(32)11-7-12-25(28)33/h2-17,27H,18-19H2,1H3,(H,34,37)(H2,35,36,39). The van der Waals surface area contributed by atoms with Crippen molar-refractivity contribution < 1.29 is 19.1 Å². The molecule has 4 rings (SSSR count). The largest absolute Gasteiger partial charge is 0.467 e. The zero-order valence-electron chi connectivity index (χ0n) is 21.6. The number of carbonyl (C=O) groups is 3. The molecule has 9 heteroatoms. The van der Waals surface area contributed by atoms with Gasteiger partial charge in [-0.3, -0.25) is 4.79 Å². The maximum atomic E-state index is 12.9. The molecule has 3 N–H and O–H groups in total. The number of ether oxygens (including phenoxy) is 1. The lowest BCUT2D eigenvalue weighted by Crippen LogP contribution is -2.45. The minimum absolute atomic E-state index is 0.177. The van der Waals surface area contributed by atoms with Crippen LogP contribution in [0.2, 0.25) is 10.0 Å². The van der Waals surface area contributed by atoms with Crippen molar-refractivity contribution in [3.8, 4) is 0 Å². The maximum Gasteiger partial charge on any atom is 0.328 e. The molecule has 1 atom stereocenters. The van der Waals surface area contributed by atoms with Crippen molar-refractivity contribution in [3.05, 3.63) is 129 Å². The van der Waals surface area contributed by atoms with Crippen molar-refractivity contribution in [2.75, 3.05) is 17.7 Å². The van der Waals surface area contributed by atoms with Crippen LogP contribution in [0.3, 0.4) is 0 Å². The molecule has 0 aliphatic carbocycles. The van der Waals surface area contributed by atoms with E-state index >= 15 is 0 Å². The van der Waals surface area contributed by atoms with Crippen molar-refractivity contribution in [1.29, 1.82) is 0 Å². The van der Waals surface area contributed by atoms with Crippen LogP contribution in [-0.4, -0.2) is 31.1 Å². The first-order valence-corrected chi connectivity index (χ1v) is 13.2. The van der Waals surface area contributed by atoms with Gasteiger partial charge in [0.1, 0.15) is 6.04 Å². The zero-order chi connectivity index (χ0) is 28.5. The Labute approximate surface area is 242 Å². The summed E-state index contributed by atoms with van der Waals surface area (Å²) in [5, 5.41) is 8.81. The third-order valence-electron chi connectivity index (χ3n) is 6.14. The SMILES string of the molecule is COC(=O)C(Cc1ccc(NC(=O)c2c(Cl)cccc2Cl)cc1)NC(=O)Nc1ccccc1Cc1ccccc1. The van der Waals surface area contributed by atoms with Crippen LogP contribution in [0.1, 0.15) is 27.0 Å². The predicted molar refractivity (Wildman–Crippen MR) is 158 cm³/mol. The lowest BCUT2D eigenvalue weighted by atomic mass is 10.0. The Bertz CT molecular complexity index is 1470. The van der Waals surface area contributed by atoms with Gasteiger partial charge in [0.25, 0.3) is 5.91 Å². The lowest BCUT2D eigenvalue weighted by Gasteiger charge is -2.18. The Morgan fingerprint density at radius 3 is 2.08 bits per heavy atom. The number of nitrogens with one attached hydrogen (secondary N) is 3. The molecule has 3 amide bonds. The number of carbonyl (C=O) groups excluding carboxylic acids is 3. The summed E-state index contributed by atoms with van der Waals surface area (Å²) < 4.78 is 4.92. The van der Waals surface area contributed by atoms with Crippen LogP contribution in [0, 0.1) is 0 Å². The topological polar surface area (TPSA) is 96.5 Å². The highest BCUT2D eigenvalue weighted by molar-refractivity contribution is 6.40. The maximum absolute atomic E-state index is 12.9. The van der Waals surface area contributed by atoms with Gasteiger partial charge in [-0.2, -0.15) is 0 Å². The average Bonchev–Trinajstić information content (AvgIpc) is 2.95. The van der Waals surface area contributed by atoms with Crippen LogP contribution in [-0.2, 0) is 22.4 Å². The summed E-state index contributed by atoms with van der Waals surface area (Å²) in [5.74, 6) is -1.03. The van der Waals surface area contributed by atoms with E-state index in [1.807, 2.05) is 54.6 Å². The van der Waals surface area contributed by atoms with Crippen molar-refractivity contribution in [1.82, 2.24) is 5.32 Å². The molecule has 0 aliphatic rings. The van der Waals surface area contributed by atoms with Gasteiger partial charge in [-0.05, 0) is 53.4 Å². The van der Waals surface area contributed by atoms with E-state index in [2.05, 4.69) is 16.0 Å². The summed E-state index contributed by atoms with van der Waals surface area (Å²) in [7, 11) is 1.27. The monoisotopic (exact) mass is 575 g/mol. The molecule has 0 bridgehead atoms. The van der Waals surface area contributed by atoms with Gasteiger partial charge in [0.2, 0.25) is 0 Å². The molecular weight excluding hydrogens is 549 g/mol. The molecule has 0 saturated carbocycles. The quantitative estimate of drug-likeness (QED) is 0.192. The number of rotatable bonds is 9. The fraction of sp³-hybridized carbons (Fsp3) is 0.129. The molecule has 0 heterocycles. The van der Waals surface area contributed by atoms with Gasteiger partial charge in [0, 0.05) is 17.8 Å². The molecule has 4 aromatic rings. The third kappa shape index (κ3) is 7.62. The van der Waals surface area contributed by atoms with E-state index in [0.29, 0.717) is 17.8 Å². The summed E-state index contributed by atoms with van der Waals surface area (Å²) in [4.78, 5) is 38.1. The Hall–Kier alpha value is -4.33. The van der Waals surface area contributed by atoms with Crippen LogP contribution >= 0.6 is 23.2 Å². The van der Waals surface area contributed by atoms with E-state index in [1.54, 1.807) is 42.5 Å². The highest BCUT2D eigenvalue weighted by atomic mass is 35.5. The van der Waals surface area contributed by atoms with Gasteiger partial charge in [-0.25, -0.2) is 9.59 Å². The summed E-state index contributed by atoms with van der Waals surface area (Å²) in [6.07, 6.45) is 0.819. The number of methoxy groups -OCH3 is 1. The number of amides is 3. The van der Waals surface area contributed by atoms with E-state index in [9.17, 15) is 14.4 Å². The van der Waals surface area contributed by atoms with E-state index in [1.165, 1.54) is 7.11 Å². The molecule has 40 heavy (non-hydrogen) atoms. The first-order chi connectivity index (χ1) is 19.3.